The minimum atomic E-state index is 0.484. The second-order valence-corrected chi connectivity index (χ2v) is 2.69. The van der Waals surface area contributed by atoms with Crippen molar-refractivity contribution < 1.29 is 0 Å². The monoisotopic (exact) mass is 151 g/mol. The van der Waals surface area contributed by atoms with Crippen molar-refractivity contribution in [3.63, 3.8) is 0 Å². The quantitative estimate of drug-likeness (QED) is 0.433. The third-order valence-corrected chi connectivity index (χ3v) is 1.42. The van der Waals surface area contributed by atoms with Crippen molar-refractivity contribution in [1.29, 1.82) is 0 Å². The second kappa shape index (κ2) is 5.90. The SMILES string of the molecule is C=C/C(=N\C/C=C\C)C(C)C. The highest BCUT2D eigenvalue weighted by Crippen LogP contribution is 1.97. The van der Waals surface area contributed by atoms with Gasteiger partial charge in [-0.05, 0) is 18.9 Å². The number of aliphatic imine (C=N–C) groups is 1. The molecule has 0 saturated carbocycles. The summed E-state index contributed by atoms with van der Waals surface area (Å²) in [6, 6.07) is 0. The van der Waals surface area contributed by atoms with Crippen LogP contribution in [0.3, 0.4) is 0 Å². The first kappa shape index (κ1) is 10.2. The van der Waals surface area contributed by atoms with Gasteiger partial charge in [0, 0.05) is 5.71 Å². The summed E-state index contributed by atoms with van der Waals surface area (Å²) in [6.07, 6.45) is 5.87. The molecule has 1 nitrogen and oxygen atoms in total. The molecule has 0 atom stereocenters. The van der Waals surface area contributed by atoms with Crippen LogP contribution in [0.4, 0.5) is 0 Å². The van der Waals surface area contributed by atoms with Gasteiger partial charge >= 0.3 is 0 Å². The summed E-state index contributed by atoms with van der Waals surface area (Å²) in [4.78, 5) is 4.34. The molecule has 0 amide bonds. The fourth-order valence-corrected chi connectivity index (χ4v) is 0.746. The Morgan fingerprint density at radius 3 is 2.55 bits per heavy atom. The topological polar surface area (TPSA) is 12.4 Å². The Hall–Kier alpha value is -0.850. The van der Waals surface area contributed by atoms with Crippen LogP contribution in [0, 0.1) is 5.92 Å². The van der Waals surface area contributed by atoms with Gasteiger partial charge in [0.15, 0.2) is 0 Å². The summed E-state index contributed by atoms with van der Waals surface area (Å²) in [5, 5.41) is 0. The number of hydrogen-bond donors (Lipinski definition) is 0. The fourth-order valence-electron chi connectivity index (χ4n) is 0.746. The van der Waals surface area contributed by atoms with Crippen molar-refractivity contribution >= 4 is 5.71 Å². The second-order valence-electron chi connectivity index (χ2n) is 2.69. The van der Waals surface area contributed by atoms with Gasteiger partial charge in [0.05, 0.1) is 6.54 Å². The standard InChI is InChI=1S/C10H17N/c1-5-7-8-11-10(6-2)9(3)4/h5-7,9H,2,8H2,1,3-4H3/b7-5-,11-10+. The summed E-state index contributed by atoms with van der Waals surface area (Å²) in [5.74, 6) is 0.484. The van der Waals surface area contributed by atoms with Gasteiger partial charge in [-0.15, -0.1) is 0 Å². The van der Waals surface area contributed by atoms with E-state index in [4.69, 9.17) is 0 Å². The van der Waals surface area contributed by atoms with Gasteiger partial charge in [-0.2, -0.15) is 0 Å². The molecule has 0 aliphatic rings. The molecule has 0 aromatic heterocycles. The van der Waals surface area contributed by atoms with Gasteiger partial charge in [0.2, 0.25) is 0 Å². The average Bonchev–Trinajstić information content (AvgIpc) is 1.97. The van der Waals surface area contributed by atoms with E-state index >= 15 is 0 Å². The zero-order valence-electron chi connectivity index (χ0n) is 7.67. The molecule has 0 fully saturated rings. The van der Waals surface area contributed by atoms with Crippen LogP contribution in [0.1, 0.15) is 20.8 Å². The molecule has 0 bridgehead atoms. The zero-order valence-corrected chi connectivity index (χ0v) is 7.67. The van der Waals surface area contributed by atoms with Crippen LogP contribution in [-0.4, -0.2) is 12.3 Å². The number of allylic oxidation sites excluding steroid dienone is 2. The van der Waals surface area contributed by atoms with Crippen LogP contribution in [0.25, 0.3) is 0 Å². The van der Waals surface area contributed by atoms with E-state index in [-0.39, 0.29) is 0 Å². The molecular formula is C10H17N. The number of nitrogens with zero attached hydrogens (tertiary/aromatic N) is 1. The highest BCUT2D eigenvalue weighted by atomic mass is 14.7. The van der Waals surface area contributed by atoms with Crippen molar-refractivity contribution in [3.05, 3.63) is 24.8 Å². The molecule has 0 spiro atoms. The Balaban J connectivity index is 4.01. The first-order valence-electron chi connectivity index (χ1n) is 4.00. The van der Waals surface area contributed by atoms with Gasteiger partial charge in [-0.25, -0.2) is 0 Å². The Morgan fingerprint density at radius 1 is 1.55 bits per heavy atom. The van der Waals surface area contributed by atoms with Crippen LogP contribution in [0.5, 0.6) is 0 Å². The van der Waals surface area contributed by atoms with E-state index in [0.717, 1.165) is 12.3 Å². The largest absolute Gasteiger partial charge is 0.285 e. The lowest BCUT2D eigenvalue weighted by molar-refractivity contribution is 0.882. The molecule has 0 aromatic carbocycles. The average molecular weight is 151 g/mol. The van der Waals surface area contributed by atoms with E-state index < -0.39 is 0 Å². The van der Waals surface area contributed by atoms with Gasteiger partial charge in [0.25, 0.3) is 0 Å². The van der Waals surface area contributed by atoms with Crippen LogP contribution in [0.15, 0.2) is 29.8 Å². The van der Waals surface area contributed by atoms with Gasteiger partial charge in [-0.3, -0.25) is 4.99 Å². The predicted octanol–water partition coefficient (Wildman–Crippen LogP) is 2.85. The van der Waals surface area contributed by atoms with Crippen molar-refractivity contribution in [2.75, 3.05) is 6.54 Å². The van der Waals surface area contributed by atoms with Crippen LogP contribution in [0.2, 0.25) is 0 Å². The van der Waals surface area contributed by atoms with Gasteiger partial charge < -0.3 is 0 Å². The normalized spacial score (nSPS) is 12.9. The van der Waals surface area contributed by atoms with Crippen molar-refractivity contribution in [2.45, 2.75) is 20.8 Å². The van der Waals surface area contributed by atoms with Crippen molar-refractivity contribution in [2.24, 2.45) is 10.9 Å². The lowest BCUT2D eigenvalue weighted by Gasteiger charge is -2.02. The van der Waals surface area contributed by atoms with Gasteiger partial charge in [0.1, 0.15) is 0 Å². The maximum absolute atomic E-state index is 4.34. The molecule has 0 rings (SSSR count). The molecule has 0 N–H and O–H groups in total. The Morgan fingerprint density at radius 2 is 2.18 bits per heavy atom. The molecule has 0 aliphatic carbocycles. The lowest BCUT2D eigenvalue weighted by atomic mass is 10.1. The van der Waals surface area contributed by atoms with E-state index in [1.807, 2.05) is 25.2 Å². The molecular weight excluding hydrogens is 134 g/mol. The smallest absolute Gasteiger partial charge is 0.0573 e. The summed E-state index contributed by atoms with van der Waals surface area (Å²) in [5.41, 5.74) is 1.09. The third-order valence-electron chi connectivity index (χ3n) is 1.42. The Kier molecular flexibility index (Phi) is 5.44. The van der Waals surface area contributed by atoms with E-state index in [2.05, 4.69) is 25.4 Å². The summed E-state index contributed by atoms with van der Waals surface area (Å²) in [6.45, 7) is 10.7. The Bertz CT molecular complexity index is 164. The van der Waals surface area contributed by atoms with Crippen LogP contribution >= 0.6 is 0 Å². The summed E-state index contributed by atoms with van der Waals surface area (Å²) >= 11 is 0. The summed E-state index contributed by atoms with van der Waals surface area (Å²) in [7, 11) is 0. The maximum atomic E-state index is 4.34. The molecule has 62 valence electrons. The molecule has 0 saturated heterocycles. The maximum Gasteiger partial charge on any atom is 0.0573 e. The zero-order chi connectivity index (χ0) is 8.69. The highest BCUT2D eigenvalue weighted by molar-refractivity contribution is 5.95. The van der Waals surface area contributed by atoms with E-state index in [9.17, 15) is 0 Å². The molecule has 0 radical (unpaired) electrons. The van der Waals surface area contributed by atoms with E-state index in [0.29, 0.717) is 5.92 Å². The van der Waals surface area contributed by atoms with Gasteiger partial charge in [-0.1, -0.05) is 32.6 Å². The predicted molar refractivity (Wildman–Crippen MR) is 52.2 cm³/mol. The van der Waals surface area contributed by atoms with E-state index in [1.165, 1.54) is 0 Å². The fraction of sp³-hybridized carbons (Fsp3) is 0.500. The molecule has 1 heteroatoms. The Labute approximate surface area is 69.5 Å². The molecule has 0 unspecified atom stereocenters. The third kappa shape index (κ3) is 4.54. The first-order valence-corrected chi connectivity index (χ1v) is 4.00. The first-order chi connectivity index (χ1) is 5.22. The minimum Gasteiger partial charge on any atom is -0.285 e. The lowest BCUT2D eigenvalue weighted by Crippen LogP contribution is -2.03. The molecule has 11 heavy (non-hydrogen) atoms. The molecule has 0 aromatic rings. The van der Waals surface area contributed by atoms with Crippen LogP contribution in [-0.2, 0) is 0 Å². The molecule has 0 aliphatic heterocycles. The van der Waals surface area contributed by atoms with E-state index in [1.54, 1.807) is 0 Å². The number of hydrogen-bond acceptors (Lipinski definition) is 1. The number of rotatable bonds is 4. The van der Waals surface area contributed by atoms with Crippen molar-refractivity contribution in [1.82, 2.24) is 0 Å². The van der Waals surface area contributed by atoms with Crippen LogP contribution < -0.4 is 0 Å². The highest BCUT2D eigenvalue weighted by Gasteiger charge is 1.97. The minimum absolute atomic E-state index is 0.484. The summed E-state index contributed by atoms with van der Waals surface area (Å²) < 4.78 is 0. The molecule has 0 heterocycles. The van der Waals surface area contributed by atoms with Crippen molar-refractivity contribution in [3.8, 4) is 0 Å².